The van der Waals surface area contributed by atoms with Crippen molar-refractivity contribution in [2.45, 2.75) is 13.5 Å². The number of fused-ring (bicyclic) bond motifs is 1. The topological polar surface area (TPSA) is 55.3 Å². The molecule has 0 N–H and O–H groups in total. The molecule has 0 saturated carbocycles. The standard InChI is InChI=1S/C17H17N3O2S/c1-11-15(23-17(19-11)22-3)16(21)20(2)10-13-6-4-5-12-9-18-8-7-14(12)13/h4-9H,10H2,1-3H3. The van der Waals surface area contributed by atoms with Gasteiger partial charge in [-0.25, -0.2) is 4.98 Å². The van der Waals surface area contributed by atoms with Crippen LogP contribution in [0.15, 0.2) is 36.7 Å². The molecular weight excluding hydrogens is 310 g/mol. The van der Waals surface area contributed by atoms with Crippen LogP contribution in [-0.2, 0) is 6.54 Å². The molecule has 5 nitrogen and oxygen atoms in total. The smallest absolute Gasteiger partial charge is 0.273 e. The number of hydrogen-bond acceptors (Lipinski definition) is 5. The molecule has 6 heteroatoms. The lowest BCUT2D eigenvalue weighted by atomic mass is 10.1. The van der Waals surface area contributed by atoms with E-state index >= 15 is 0 Å². The largest absolute Gasteiger partial charge is 0.473 e. The average molecular weight is 327 g/mol. The summed E-state index contributed by atoms with van der Waals surface area (Å²) in [7, 11) is 3.36. The van der Waals surface area contributed by atoms with Gasteiger partial charge in [0.15, 0.2) is 0 Å². The number of ether oxygens (including phenoxy) is 1. The first kappa shape index (κ1) is 15.4. The summed E-state index contributed by atoms with van der Waals surface area (Å²) in [5.74, 6) is -0.0469. The zero-order chi connectivity index (χ0) is 16.4. The van der Waals surface area contributed by atoms with Crippen LogP contribution >= 0.6 is 11.3 Å². The van der Waals surface area contributed by atoms with Crippen molar-refractivity contribution < 1.29 is 9.53 Å². The number of aromatic nitrogens is 2. The summed E-state index contributed by atoms with van der Waals surface area (Å²) in [5, 5.41) is 2.69. The van der Waals surface area contributed by atoms with Gasteiger partial charge in [0.05, 0.1) is 12.8 Å². The molecule has 0 fully saturated rings. The number of hydrogen-bond donors (Lipinski definition) is 0. The quantitative estimate of drug-likeness (QED) is 0.738. The number of carbonyl (C=O) groups excluding carboxylic acids is 1. The van der Waals surface area contributed by atoms with Crippen molar-refractivity contribution in [3.8, 4) is 5.19 Å². The van der Waals surface area contributed by atoms with E-state index in [1.54, 1.807) is 25.3 Å². The van der Waals surface area contributed by atoms with Crippen LogP contribution < -0.4 is 4.74 Å². The third kappa shape index (κ3) is 3.03. The van der Waals surface area contributed by atoms with Crippen LogP contribution in [0, 0.1) is 6.92 Å². The summed E-state index contributed by atoms with van der Waals surface area (Å²) in [6.07, 6.45) is 3.60. The summed E-state index contributed by atoms with van der Waals surface area (Å²) in [5.41, 5.74) is 1.79. The molecule has 3 rings (SSSR count). The van der Waals surface area contributed by atoms with Crippen LogP contribution in [0.5, 0.6) is 5.19 Å². The van der Waals surface area contributed by atoms with E-state index < -0.39 is 0 Å². The molecule has 1 aromatic carbocycles. The number of aryl methyl sites for hydroxylation is 1. The molecule has 0 spiro atoms. The number of methoxy groups -OCH3 is 1. The van der Waals surface area contributed by atoms with Crippen molar-refractivity contribution in [3.63, 3.8) is 0 Å². The molecule has 3 aromatic rings. The minimum absolute atomic E-state index is 0.0469. The van der Waals surface area contributed by atoms with Gasteiger partial charge in [-0.1, -0.05) is 29.5 Å². The van der Waals surface area contributed by atoms with Gasteiger partial charge in [-0.05, 0) is 23.9 Å². The maximum absolute atomic E-state index is 12.7. The fraction of sp³-hybridized carbons (Fsp3) is 0.235. The maximum atomic E-state index is 12.7. The maximum Gasteiger partial charge on any atom is 0.273 e. The van der Waals surface area contributed by atoms with E-state index in [2.05, 4.69) is 9.97 Å². The lowest BCUT2D eigenvalue weighted by Gasteiger charge is -2.17. The minimum atomic E-state index is -0.0469. The molecule has 0 bridgehead atoms. The number of thiazole rings is 1. The van der Waals surface area contributed by atoms with Crippen molar-refractivity contribution >= 4 is 28.0 Å². The van der Waals surface area contributed by atoms with E-state index in [-0.39, 0.29) is 5.91 Å². The zero-order valence-corrected chi connectivity index (χ0v) is 14.1. The Morgan fingerprint density at radius 1 is 1.35 bits per heavy atom. The summed E-state index contributed by atoms with van der Waals surface area (Å²) < 4.78 is 5.11. The molecule has 1 amide bonds. The summed E-state index contributed by atoms with van der Waals surface area (Å²) in [6.45, 7) is 2.35. The summed E-state index contributed by atoms with van der Waals surface area (Å²) >= 11 is 1.28. The van der Waals surface area contributed by atoms with Crippen molar-refractivity contribution in [1.82, 2.24) is 14.9 Å². The predicted octanol–water partition coefficient (Wildman–Crippen LogP) is 3.28. The third-order valence-electron chi connectivity index (χ3n) is 3.67. The monoisotopic (exact) mass is 327 g/mol. The van der Waals surface area contributed by atoms with Gasteiger partial charge in [-0.15, -0.1) is 0 Å². The van der Waals surface area contributed by atoms with Gasteiger partial charge in [0, 0.05) is 31.4 Å². The minimum Gasteiger partial charge on any atom is -0.473 e. The normalized spacial score (nSPS) is 10.7. The first-order valence-corrected chi connectivity index (χ1v) is 8.00. The van der Waals surface area contributed by atoms with Crippen molar-refractivity contribution in [1.29, 1.82) is 0 Å². The highest BCUT2D eigenvalue weighted by Gasteiger charge is 2.20. The van der Waals surface area contributed by atoms with E-state index in [1.165, 1.54) is 11.3 Å². The van der Waals surface area contributed by atoms with Crippen LogP contribution in [0.25, 0.3) is 10.8 Å². The van der Waals surface area contributed by atoms with E-state index in [9.17, 15) is 4.79 Å². The highest BCUT2D eigenvalue weighted by Crippen LogP contribution is 2.26. The van der Waals surface area contributed by atoms with Gasteiger partial charge in [-0.3, -0.25) is 9.78 Å². The second-order valence-electron chi connectivity index (χ2n) is 5.27. The van der Waals surface area contributed by atoms with Crippen LogP contribution in [0.4, 0.5) is 0 Å². The highest BCUT2D eigenvalue weighted by molar-refractivity contribution is 7.15. The molecule has 0 aliphatic rings. The lowest BCUT2D eigenvalue weighted by Crippen LogP contribution is -2.26. The molecule has 0 unspecified atom stereocenters. The van der Waals surface area contributed by atoms with Crippen molar-refractivity contribution in [2.75, 3.05) is 14.2 Å². The lowest BCUT2D eigenvalue weighted by molar-refractivity contribution is 0.0789. The SMILES string of the molecule is COc1nc(C)c(C(=O)N(C)Cc2cccc3cnccc23)s1. The van der Waals surface area contributed by atoms with Crippen LogP contribution in [0.3, 0.4) is 0 Å². The molecule has 2 aromatic heterocycles. The Morgan fingerprint density at radius 3 is 2.91 bits per heavy atom. The Balaban J connectivity index is 1.86. The Kier molecular flexibility index (Phi) is 4.25. The Hall–Kier alpha value is -2.47. The molecule has 118 valence electrons. The van der Waals surface area contributed by atoms with Gasteiger partial charge in [0.1, 0.15) is 4.88 Å². The fourth-order valence-corrected chi connectivity index (χ4v) is 3.36. The number of nitrogens with zero attached hydrogens (tertiary/aromatic N) is 3. The van der Waals surface area contributed by atoms with E-state index in [0.29, 0.717) is 22.3 Å². The number of amides is 1. The van der Waals surface area contributed by atoms with Gasteiger partial charge in [-0.2, -0.15) is 0 Å². The molecule has 0 aliphatic heterocycles. The number of carbonyl (C=O) groups is 1. The third-order valence-corrected chi connectivity index (χ3v) is 4.78. The molecule has 0 saturated heterocycles. The number of benzene rings is 1. The van der Waals surface area contributed by atoms with Gasteiger partial charge < -0.3 is 9.64 Å². The van der Waals surface area contributed by atoms with E-state index in [0.717, 1.165) is 16.3 Å². The van der Waals surface area contributed by atoms with Gasteiger partial charge >= 0.3 is 0 Å². The first-order chi connectivity index (χ1) is 11.1. The summed E-state index contributed by atoms with van der Waals surface area (Å²) in [6, 6.07) is 8.01. The summed E-state index contributed by atoms with van der Waals surface area (Å²) in [4.78, 5) is 23.4. The van der Waals surface area contributed by atoms with Crippen molar-refractivity contribution in [3.05, 3.63) is 52.8 Å². The average Bonchev–Trinajstić information content (AvgIpc) is 2.95. The van der Waals surface area contributed by atoms with Gasteiger partial charge in [0.25, 0.3) is 11.1 Å². The highest BCUT2D eigenvalue weighted by atomic mass is 32.1. The molecule has 0 aliphatic carbocycles. The number of pyridine rings is 1. The molecular formula is C17H17N3O2S. The van der Waals surface area contributed by atoms with E-state index in [1.807, 2.05) is 37.4 Å². The van der Waals surface area contributed by atoms with Gasteiger partial charge in [0.2, 0.25) is 0 Å². The molecule has 0 radical (unpaired) electrons. The Morgan fingerprint density at radius 2 is 2.17 bits per heavy atom. The molecule has 0 atom stereocenters. The predicted molar refractivity (Wildman–Crippen MR) is 90.9 cm³/mol. The molecule has 2 heterocycles. The fourth-order valence-electron chi connectivity index (χ4n) is 2.49. The first-order valence-electron chi connectivity index (χ1n) is 7.18. The van der Waals surface area contributed by atoms with Crippen LogP contribution in [0.1, 0.15) is 20.9 Å². The van der Waals surface area contributed by atoms with Crippen molar-refractivity contribution in [2.24, 2.45) is 0 Å². The zero-order valence-electron chi connectivity index (χ0n) is 13.2. The Bertz CT molecular complexity index is 855. The second-order valence-corrected chi connectivity index (χ2v) is 6.24. The van der Waals surface area contributed by atoms with Crippen LogP contribution in [-0.4, -0.2) is 34.9 Å². The Labute approximate surface area is 138 Å². The van der Waals surface area contributed by atoms with Crippen LogP contribution in [0.2, 0.25) is 0 Å². The second kappa shape index (κ2) is 6.34. The molecule has 23 heavy (non-hydrogen) atoms. The van der Waals surface area contributed by atoms with E-state index in [4.69, 9.17) is 4.74 Å². The number of rotatable bonds is 4.